The summed E-state index contributed by atoms with van der Waals surface area (Å²) >= 11 is 5.67. The lowest BCUT2D eigenvalue weighted by Gasteiger charge is -2.20. The largest absolute Gasteiger partial charge is 0.126 e. The van der Waals surface area contributed by atoms with Crippen LogP contribution in [0.2, 0.25) is 0 Å². The molecule has 1 unspecified atom stereocenters. The Kier molecular flexibility index (Phi) is 2.47. The number of benzene rings is 1. The Balaban J connectivity index is 2.46. The van der Waals surface area contributed by atoms with Crippen molar-refractivity contribution in [2.45, 2.75) is 23.1 Å². The Morgan fingerprint density at radius 3 is 3.17 bits per heavy atom. The predicted octanol–water partition coefficient (Wildman–Crippen LogP) is 3.93. The third kappa shape index (κ3) is 1.55. The molecule has 1 aromatic carbocycles. The minimum absolute atomic E-state index is 0.578. The van der Waals surface area contributed by atoms with E-state index in [1.54, 1.807) is 0 Å². The van der Waals surface area contributed by atoms with E-state index in [2.05, 4.69) is 41.1 Å². The van der Waals surface area contributed by atoms with Crippen molar-refractivity contribution in [1.82, 2.24) is 0 Å². The minimum Gasteiger partial charge on any atom is -0.126 e. The third-order valence-corrected chi connectivity index (χ3v) is 4.19. The van der Waals surface area contributed by atoms with Crippen molar-refractivity contribution in [3.63, 3.8) is 0 Å². The van der Waals surface area contributed by atoms with E-state index in [4.69, 9.17) is 0 Å². The summed E-state index contributed by atoms with van der Waals surface area (Å²) in [7, 11) is 0. The SMILES string of the molecule is Cc1ccc2c(c1)SCCC2Br. The van der Waals surface area contributed by atoms with Crippen LogP contribution in [0.4, 0.5) is 0 Å². The van der Waals surface area contributed by atoms with E-state index in [1.165, 1.54) is 28.2 Å². The van der Waals surface area contributed by atoms with Crippen molar-refractivity contribution in [1.29, 1.82) is 0 Å². The van der Waals surface area contributed by atoms with Crippen molar-refractivity contribution in [3.8, 4) is 0 Å². The monoisotopic (exact) mass is 242 g/mol. The second-order valence-corrected chi connectivity index (χ2v) is 5.39. The van der Waals surface area contributed by atoms with Gasteiger partial charge in [0.05, 0.1) is 0 Å². The number of halogens is 1. The zero-order chi connectivity index (χ0) is 8.55. The zero-order valence-corrected chi connectivity index (χ0v) is 9.41. The third-order valence-electron chi connectivity index (χ3n) is 2.14. The Hall–Kier alpha value is 0.0500. The Morgan fingerprint density at radius 2 is 2.33 bits per heavy atom. The van der Waals surface area contributed by atoms with E-state index < -0.39 is 0 Å². The van der Waals surface area contributed by atoms with Crippen LogP contribution in [0.15, 0.2) is 23.1 Å². The molecule has 0 nitrogen and oxygen atoms in total. The molecule has 2 rings (SSSR count). The molecule has 1 heterocycles. The second-order valence-electron chi connectivity index (χ2n) is 3.15. The first-order valence-electron chi connectivity index (χ1n) is 4.15. The van der Waals surface area contributed by atoms with Crippen LogP contribution in [-0.4, -0.2) is 5.75 Å². The molecular weight excluding hydrogens is 232 g/mol. The number of hydrogen-bond donors (Lipinski definition) is 0. The van der Waals surface area contributed by atoms with Crippen LogP contribution in [0.5, 0.6) is 0 Å². The van der Waals surface area contributed by atoms with Gasteiger partial charge in [-0.05, 0) is 36.3 Å². The average Bonchev–Trinajstić information content (AvgIpc) is 2.04. The lowest BCUT2D eigenvalue weighted by atomic mass is 10.1. The molecule has 1 aromatic rings. The van der Waals surface area contributed by atoms with Crippen LogP contribution in [0, 0.1) is 6.92 Å². The summed E-state index contributed by atoms with van der Waals surface area (Å²) < 4.78 is 0. The highest BCUT2D eigenvalue weighted by Gasteiger charge is 2.17. The summed E-state index contributed by atoms with van der Waals surface area (Å²) in [5, 5.41) is 0. The number of fused-ring (bicyclic) bond motifs is 1. The van der Waals surface area contributed by atoms with Gasteiger partial charge in [-0.1, -0.05) is 28.1 Å². The lowest BCUT2D eigenvalue weighted by molar-refractivity contribution is 0.878. The molecule has 1 atom stereocenters. The Morgan fingerprint density at radius 1 is 1.50 bits per heavy atom. The zero-order valence-electron chi connectivity index (χ0n) is 7.01. The van der Waals surface area contributed by atoms with E-state index in [0.717, 1.165) is 0 Å². The standard InChI is InChI=1S/C10H11BrS/c1-7-2-3-8-9(11)4-5-12-10(8)6-7/h2-3,6,9H,4-5H2,1H3. The fourth-order valence-corrected chi connectivity index (χ4v) is 3.76. The van der Waals surface area contributed by atoms with Gasteiger partial charge >= 0.3 is 0 Å². The van der Waals surface area contributed by atoms with Crippen molar-refractivity contribution >= 4 is 27.7 Å². The van der Waals surface area contributed by atoms with E-state index in [1.807, 2.05) is 11.8 Å². The second kappa shape index (κ2) is 3.43. The quantitative estimate of drug-likeness (QED) is 0.622. The lowest BCUT2D eigenvalue weighted by Crippen LogP contribution is -2.01. The summed E-state index contributed by atoms with van der Waals surface area (Å²) in [6, 6.07) is 6.72. The Labute approximate surface area is 85.9 Å². The number of alkyl halides is 1. The molecule has 64 valence electrons. The van der Waals surface area contributed by atoms with Crippen LogP contribution in [0.3, 0.4) is 0 Å². The number of hydrogen-bond acceptors (Lipinski definition) is 1. The topological polar surface area (TPSA) is 0 Å². The molecule has 0 aliphatic carbocycles. The molecule has 0 radical (unpaired) electrons. The van der Waals surface area contributed by atoms with Crippen molar-refractivity contribution in [2.24, 2.45) is 0 Å². The highest BCUT2D eigenvalue weighted by atomic mass is 79.9. The van der Waals surface area contributed by atoms with E-state index >= 15 is 0 Å². The van der Waals surface area contributed by atoms with Crippen LogP contribution in [0.1, 0.15) is 22.4 Å². The molecule has 0 fully saturated rings. The van der Waals surface area contributed by atoms with Gasteiger partial charge in [-0.15, -0.1) is 11.8 Å². The first-order valence-corrected chi connectivity index (χ1v) is 6.05. The van der Waals surface area contributed by atoms with Gasteiger partial charge in [0, 0.05) is 9.72 Å². The fraction of sp³-hybridized carbons (Fsp3) is 0.400. The maximum absolute atomic E-state index is 3.70. The summed E-state index contributed by atoms with van der Waals surface area (Å²) in [5.41, 5.74) is 2.83. The molecule has 1 aliphatic rings. The van der Waals surface area contributed by atoms with E-state index in [0.29, 0.717) is 4.83 Å². The summed E-state index contributed by atoms with van der Waals surface area (Å²) in [5.74, 6) is 1.24. The first kappa shape index (κ1) is 8.64. The molecule has 0 spiro atoms. The van der Waals surface area contributed by atoms with Crippen LogP contribution >= 0.6 is 27.7 Å². The van der Waals surface area contributed by atoms with Gasteiger partial charge in [-0.3, -0.25) is 0 Å². The van der Waals surface area contributed by atoms with Gasteiger partial charge in [-0.2, -0.15) is 0 Å². The van der Waals surface area contributed by atoms with E-state index in [9.17, 15) is 0 Å². The number of thioether (sulfide) groups is 1. The van der Waals surface area contributed by atoms with Gasteiger partial charge in [0.15, 0.2) is 0 Å². The first-order chi connectivity index (χ1) is 5.77. The highest BCUT2D eigenvalue weighted by Crippen LogP contribution is 2.40. The molecule has 1 aliphatic heterocycles. The van der Waals surface area contributed by atoms with Gasteiger partial charge in [0.1, 0.15) is 0 Å². The average molecular weight is 243 g/mol. The van der Waals surface area contributed by atoms with Gasteiger partial charge in [0.25, 0.3) is 0 Å². The molecule has 2 heteroatoms. The van der Waals surface area contributed by atoms with Gasteiger partial charge in [-0.25, -0.2) is 0 Å². The maximum Gasteiger partial charge on any atom is 0.0414 e. The molecule has 0 saturated carbocycles. The molecule has 0 aromatic heterocycles. The summed E-state index contributed by atoms with van der Waals surface area (Å²) in [6.07, 6.45) is 1.25. The Bertz CT molecular complexity index is 296. The van der Waals surface area contributed by atoms with Crippen LogP contribution in [-0.2, 0) is 0 Å². The molecular formula is C10H11BrS. The smallest absolute Gasteiger partial charge is 0.0414 e. The predicted molar refractivity (Wildman–Crippen MR) is 58.2 cm³/mol. The molecule has 0 saturated heterocycles. The summed E-state index contributed by atoms with van der Waals surface area (Å²) in [4.78, 5) is 2.04. The molecule has 0 bridgehead atoms. The molecule has 12 heavy (non-hydrogen) atoms. The van der Waals surface area contributed by atoms with Gasteiger partial charge < -0.3 is 0 Å². The minimum atomic E-state index is 0.578. The number of aryl methyl sites for hydroxylation is 1. The molecule has 0 N–H and O–H groups in total. The van der Waals surface area contributed by atoms with Crippen molar-refractivity contribution in [2.75, 3.05) is 5.75 Å². The highest BCUT2D eigenvalue weighted by molar-refractivity contribution is 9.09. The fourth-order valence-electron chi connectivity index (χ4n) is 1.45. The van der Waals surface area contributed by atoms with E-state index in [-0.39, 0.29) is 0 Å². The van der Waals surface area contributed by atoms with Crippen molar-refractivity contribution in [3.05, 3.63) is 29.3 Å². The number of rotatable bonds is 0. The maximum atomic E-state index is 3.70. The normalized spacial score (nSPS) is 22.0. The van der Waals surface area contributed by atoms with Crippen molar-refractivity contribution < 1.29 is 0 Å². The van der Waals surface area contributed by atoms with Gasteiger partial charge in [0.2, 0.25) is 0 Å². The summed E-state index contributed by atoms with van der Waals surface area (Å²) in [6.45, 7) is 2.15. The molecule has 0 amide bonds. The van der Waals surface area contributed by atoms with Crippen LogP contribution in [0.25, 0.3) is 0 Å². The van der Waals surface area contributed by atoms with Crippen LogP contribution < -0.4 is 0 Å².